The second-order valence-electron chi connectivity index (χ2n) is 2.88. The minimum absolute atomic E-state index is 0.428. The number of nitrogens with zero attached hydrogens (tertiary/aromatic N) is 2. The SMILES string of the molecule is [B]c1cc2cnc(Cl)cc2nc1NC. The van der Waals surface area contributed by atoms with Gasteiger partial charge in [-0.1, -0.05) is 23.1 Å². The van der Waals surface area contributed by atoms with Crippen molar-refractivity contribution in [2.75, 3.05) is 12.4 Å². The molecule has 0 aliphatic rings. The Labute approximate surface area is 87.9 Å². The van der Waals surface area contributed by atoms with Crippen LogP contribution in [0.1, 0.15) is 0 Å². The van der Waals surface area contributed by atoms with Crippen molar-refractivity contribution in [1.82, 2.24) is 9.97 Å². The first kappa shape index (κ1) is 9.28. The maximum Gasteiger partial charge on any atom is 0.131 e. The molecule has 2 aromatic heterocycles. The predicted molar refractivity (Wildman–Crippen MR) is 59.5 cm³/mol. The Balaban J connectivity index is 2.73. The first-order valence-electron chi connectivity index (χ1n) is 4.10. The Kier molecular flexibility index (Phi) is 2.29. The summed E-state index contributed by atoms with van der Waals surface area (Å²) in [6, 6.07) is 3.52. The van der Waals surface area contributed by atoms with Crippen LogP contribution in [-0.2, 0) is 0 Å². The largest absolute Gasteiger partial charge is 0.374 e. The van der Waals surface area contributed by atoms with Gasteiger partial charge in [0.2, 0.25) is 0 Å². The highest BCUT2D eigenvalue weighted by Crippen LogP contribution is 2.15. The fourth-order valence-electron chi connectivity index (χ4n) is 1.26. The number of hydrogen-bond acceptors (Lipinski definition) is 3. The topological polar surface area (TPSA) is 37.8 Å². The molecule has 2 aromatic rings. The molecule has 0 aliphatic heterocycles. The standard InChI is InChI=1S/C9H7BClN3/c1-12-9-6(10)2-5-4-13-8(11)3-7(5)14-9/h2-4H,1H3,(H,12,14). The van der Waals surface area contributed by atoms with Gasteiger partial charge in [0.1, 0.15) is 18.8 Å². The normalized spacial score (nSPS) is 10.4. The van der Waals surface area contributed by atoms with Crippen molar-refractivity contribution in [3.05, 3.63) is 23.5 Å². The van der Waals surface area contributed by atoms with E-state index in [-0.39, 0.29) is 0 Å². The van der Waals surface area contributed by atoms with Crippen molar-refractivity contribution in [1.29, 1.82) is 0 Å². The zero-order chi connectivity index (χ0) is 10.1. The van der Waals surface area contributed by atoms with Crippen molar-refractivity contribution in [2.24, 2.45) is 0 Å². The number of hydrogen-bond donors (Lipinski definition) is 1. The number of aromatic nitrogens is 2. The monoisotopic (exact) mass is 203 g/mol. The van der Waals surface area contributed by atoms with Gasteiger partial charge in [-0.2, -0.15) is 0 Å². The van der Waals surface area contributed by atoms with Gasteiger partial charge in [0.25, 0.3) is 0 Å². The molecule has 14 heavy (non-hydrogen) atoms. The summed E-state index contributed by atoms with van der Waals surface area (Å²) >= 11 is 5.75. The molecule has 0 bridgehead atoms. The number of anilines is 1. The third-order valence-corrected chi connectivity index (χ3v) is 2.14. The number of nitrogens with one attached hydrogen (secondary N) is 1. The first-order valence-corrected chi connectivity index (χ1v) is 4.48. The minimum atomic E-state index is 0.428. The van der Waals surface area contributed by atoms with Crippen LogP contribution in [0.4, 0.5) is 5.82 Å². The van der Waals surface area contributed by atoms with Gasteiger partial charge in [-0.05, 0) is 0 Å². The van der Waals surface area contributed by atoms with Gasteiger partial charge in [-0.25, -0.2) is 9.97 Å². The van der Waals surface area contributed by atoms with Crippen LogP contribution in [0.25, 0.3) is 10.9 Å². The van der Waals surface area contributed by atoms with Gasteiger partial charge in [0, 0.05) is 24.7 Å². The second kappa shape index (κ2) is 3.46. The Morgan fingerprint density at radius 3 is 2.93 bits per heavy atom. The van der Waals surface area contributed by atoms with Crippen molar-refractivity contribution < 1.29 is 0 Å². The van der Waals surface area contributed by atoms with Gasteiger partial charge in [-0.3, -0.25) is 0 Å². The Hall–Kier alpha value is -1.29. The molecule has 1 N–H and O–H groups in total. The third-order valence-electron chi connectivity index (χ3n) is 1.93. The average molecular weight is 203 g/mol. The third kappa shape index (κ3) is 1.53. The Morgan fingerprint density at radius 2 is 2.21 bits per heavy atom. The van der Waals surface area contributed by atoms with E-state index in [4.69, 9.17) is 19.4 Å². The lowest BCUT2D eigenvalue weighted by Crippen LogP contribution is -2.11. The average Bonchev–Trinajstić information content (AvgIpc) is 2.17. The van der Waals surface area contributed by atoms with Crippen LogP contribution in [0.15, 0.2) is 18.3 Å². The van der Waals surface area contributed by atoms with Crippen LogP contribution in [0.3, 0.4) is 0 Å². The highest BCUT2D eigenvalue weighted by molar-refractivity contribution is 6.36. The lowest BCUT2D eigenvalue weighted by atomic mass is 9.95. The van der Waals surface area contributed by atoms with Crippen molar-refractivity contribution >= 4 is 41.6 Å². The lowest BCUT2D eigenvalue weighted by molar-refractivity contribution is 1.31. The summed E-state index contributed by atoms with van der Waals surface area (Å²) in [5.74, 6) is 0.653. The molecule has 0 saturated heterocycles. The molecule has 0 saturated carbocycles. The molecule has 0 aliphatic carbocycles. The molecule has 68 valence electrons. The van der Waals surface area contributed by atoms with E-state index in [9.17, 15) is 0 Å². The Morgan fingerprint density at radius 1 is 1.43 bits per heavy atom. The van der Waals surface area contributed by atoms with Crippen LogP contribution in [0, 0.1) is 0 Å². The van der Waals surface area contributed by atoms with Crippen LogP contribution in [0.2, 0.25) is 5.15 Å². The molecule has 0 spiro atoms. The molecule has 0 amide bonds. The molecule has 2 heterocycles. The molecule has 0 fully saturated rings. The van der Waals surface area contributed by atoms with E-state index >= 15 is 0 Å². The number of halogens is 1. The van der Waals surface area contributed by atoms with Crippen molar-refractivity contribution in [3.8, 4) is 0 Å². The zero-order valence-corrected chi connectivity index (χ0v) is 8.34. The quantitative estimate of drug-likeness (QED) is 0.557. The van der Waals surface area contributed by atoms with Gasteiger partial charge >= 0.3 is 0 Å². The molecular formula is C9H7BClN3. The van der Waals surface area contributed by atoms with Crippen molar-refractivity contribution in [2.45, 2.75) is 0 Å². The Bertz CT molecular complexity index is 487. The maximum absolute atomic E-state index is 5.75. The van der Waals surface area contributed by atoms with Gasteiger partial charge in [-0.15, -0.1) is 0 Å². The van der Waals surface area contributed by atoms with Crippen LogP contribution in [0.5, 0.6) is 0 Å². The summed E-state index contributed by atoms with van der Waals surface area (Å²) in [7, 11) is 7.52. The fraction of sp³-hybridized carbons (Fsp3) is 0.111. The number of pyridine rings is 2. The smallest absolute Gasteiger partial charge is 0.131 e. The highest BCUT2D eigenvalue weighted by Gasteiger charge is 2.02. The lowest BCUT2D eigenvalue weighted by Gasteiger charge is -2.06. The second-order valence-corrected chi connectivity index (χ2v) is 3.26. The summed E-state index contributed by atoms with van der Waals surface area (Å²) in [4.78, 5) is 8.25. The van der Waals surface area contributed by atoms with E-state index < -0.39 is 0 Å². The molecule has 0 atom stereocenters. The van der Waals surface area contributed by atoms with Crippen LogP contribution in [-0.4, -0.2) is 24.9 Å². The van der Waals surface area contributed by atoms with E-state index in [1.165, 1.54) is 0 Å². The van der Waals surface area contributed by atoms with Crippen LogP contribution < -0.4 is 10.8 Å². The molecule has 3 nitrogen and oxygen atoms in total. The zero-order valence-electron chi connectivity index (χ0n) is 7.58. The van der Waals surface area contributed by atoms with Gasteiger partial charge in [0.15, 0.2) is 0 Å². The fourth-order valence-corrected chi connectivity index (χ4v) is 1.41. The van der Waals surface area contributed by atoms with Crippen LogP contribution >= 0.6 is 11.6 Å². The van der Waals surface area contributed by atoms with E-state index in [1.807, 2.05) is 6.07 Å². The van der Waals surface area contributed by atoms with E-state index in [1.54, 1.807) is 19.3 Å². The van der Waals surface area contributed by atoms with Gasteiger partial charge in [0.05, 0.1) is 5.52 Å². The molecule has 0 unspecified atom stereocenters. The maximum atomic E-state index is 5.75. The molecule has 2 rings (SSSR count). The first-order chi connectivity index (χ1) is 6.70. The summed E-state index contributed by atoms with van der Waals surface area (Å²) in [5.41, 5.74) is 1.38. The van der Waals surface area contributed by atoms with E-state index in [2.05, 4.69) is 15.3 Å². The number of rotatable bonds is 1. The highest BCUT2D eigenvalue weighted by atomic mass is 35.5. The summed E-state index contributed by atoms with van der Waals surface area (Å²) in [6.45, 7) is 0. The summed E-state index contributed by atoms with van der Waals surface area (Å²) in [6.07, 6.45) is 1.65. The van der Waals surface area contributed by atoms with Crippen molar-refractivity contribution in [3.63, 3.8) is 0 Å². The van der Waals surface area contributed by atoms with E-state index in [0.29, 0.717) is 16.4 Å². The molecule has 0 aromatic carbocycles. The predicted octanol–water partition coefficient (Wildman–Crippen LogP) is 1.12. The van der Waals surface area contributed by atoms with Gasteiger partial charge < -0.3 is 5.32 Å². The molecule has 5 heteroatoms. The molecular weight excluding hydrogens is 196 g/mol. The summed E-state index contributed by atoms with van der Waals surface area (Å²) in [5, 5.41) is 4.22. The summed E-state index contributed by atoms with van der Waals surface area (Å²) < 4.78 is 0. The number of fused-ring (bicyclic) bond motifs is 1. The van der Waals surface area contributed by atoms with E-state index in [0.717, 1.165) is 10.9 Å². The molecule has 2 radical (unpaired) electrons. The minimum Gasteiger partial charge on any atom is -0.374 e.